The van der Waals surface area contributed by atoms with Crippen molar-refractivity contribution in [2.75, 3.05) is 20.2 Å². The van der Waals surface area contributed by atoms with Gasteiger partial charge in [0.25, 0.3) is 0 Å². The van der Waals surface area contributed by atoms with Crippen LogP contribution in [0.15, 0.2) is 30.3 Å². The van der Waals surface area contributed by atoms with Crippen molar-refractivity contribution in [1.29, 1.82) is 0 Å². The molecule has 1 heterocycles. The summed E-state index contributed by atoms with van der Waals surface area (Å²) in [5.41, 5.74) is -0.402. The largest absolute Gasteiger partial charge is 0.468 e. The Hall–Kier alpha value is -2.37. The zero-order valence-corrected chi connectivity index (χ0v) is 12.5. The quantitative estimate of drug-likeness (QED) is 0.481. The summed E-state index contributed by atoms with van der Waals surface area (Å²) in [6.45, 7) is 0.611. The molecule has 0 spiro atoms. The van der Waals surface area contributed by atoms with Crippen LogP contribution in [0.1, 0.15) is 18.4 Å². The van der Waals surface area contributed by atoms with Gasteiger partial charge < -0.3 is 19.2 Å². The molecule has 1 saturated heterocycles. The number of benzene rings is 1. The second kappa shape index (κ2) is 7.06. The van der Waals surface area contributed by atoms with Gasteiger partial charge in [-0.1, -0.05) is 30.3 Å². The minimum Gasteiger partial charge on any atom is -0.468 e. The van der Waals surface area contributed by atoms with Crippen LogP contribution in [-0.2, 0) is 25.7 Å². The minimum absolute atomic E-state index is 0.00318. The molecular weight excluding hydrogens is 286 g/mol. The Morgan fingerprint density at radius 3 is 2.68 bits per heavy atom. The first-order chi connectivity index (χ1) is 10.6. The van der Waals surface area contributed by atoms with Gasteiger partial charge in [0.05, 0.1) is 7.11 Å². The average molecular weight is 305 g/mol. The second-order valence-corrected chi connectivity index (χ2v) is 5.33. The molecule has 22 heavy (non-hydrogen) atoms. The Bertz CT molecular complexity index is 545. The van der Waals surface area contributed by atoms with E-state index >= 15 is 0 Å². The van der Waals surface area contributed by atoms with Gasteiger partial charge in [-0.05, 0) is 18.4 Å². The highest BCUT2D eigenvalue weighted by Crippen LogP contribution is 2.29. The van der Waals surface area contributed by atoms with Gasteiger partial charge in [0.1, 0.15) is 18.3 Å². The molecule has 1 aliphatic heterocycles. The summed E-state index contributed by atoms with van der Waals surface area (Å²) in [5.74, 6) is -0.608. The van der Waals surface area contributed by atoms with E-state index < -0.39 is 17.5 Å². The van der Waals surface area contributed by atoms with Crippen molar-refractivity contribution in [2.24, 2.45) is 5.41 Å². The summed E-state index contributed by atoms with van der Waals surface area (Å²) < 4.78 is 9.93. The number of hydrogen-bond donors (Lipinski definition) is 0. The SMILES string of the molecule is COC(=O)C1(C=O)CCCN(C(=O)OCc2ccccc2)C1. The van der Waals surface area contributed by atoms with Crippen molar-refractivity contribution in [1.82, 2.24) is 4.90 Å². The van der Waals surface area contributed by atoms with Gasteiger partial charge in [-0.25, -0.2) is 4.79 Å². The zero-order chi connectivity index (χ0) is 16.0. The number of nitrogens with zero attached hydrogens (tertiary/aromatic N) is 1. The molecule has 2 rings (SSSR count). The number of likely N-dealkylation sites (tertiary alicyclic amines) is 1. The van der Waals surface area contributed by atoms with E-state index in [1.807, 2.05) is 30.3 Å². The van der Waals surface area contributed by atoms with E-state index in [4.69, 9.17) is 9.47 Å². The van der Waals surface area contributed by atoms with Crippen LogP contribution >= 0.6 is 0 Å². The Balaban J connectivity index is 1.98. The normalized spacial score (nSPS) is 21.0. The molecule has 1 amide bonds. The van der Waals surface area contributed by atoms with Crippen molar-refractivity contribution < 1.29 is 23.9 Å². The molecule has 1 aromatic rings. The molecule has 1 aliphatic rings. The summed E-state index contributed by atoms with van der Waals surface area (Å²) in [6, 6.07) is 9.31. The number of carbonyl (C=O) groups is 3. The van der Waals surface area contributed by atoms with E-state index in [0.29, 0.717) is 25.7 Å². The third-order valence-electron chi connectivity index (χ3n) is 3.80. The van der Waals surface area contributed by atoms with E-state index in [1.54, 1.807) is 0 Å². The molecule has 0 aliphatic carbocycles. The lowest BCUT2D eigenvalue weighted by Gasteiger charge is -2.36. The second-order valence-electron chi connectivity index (χ2n) is 5.33. The van der Waals surface area contributed by atoms with Crippen LogP contribution < -0.4 is 0 Å². The number of esters is 1. The van der Waals surface area contributed by atoms with Crippen molar-refractivity contribution in [3.05, 3.63) is 35.9 Å². The highest BCUT2D eigenvalue weighted by Gasteiger charge is 2.45. The molecule has 6 heteroatoms. The van der Waals surface area contributed by atoms with Crippen LogP contribution in [0.5, 0.6) is 0 Å². The molecule has 0 radical (unpaired) electrons. The molecule has 0 aromatic heterocycles. The first-order valence-electron chi connectivity index (χ1n) is 7.12. The summed E-state index contributed by atoms with van der Waals surface area (Å²) in [7, 11) is 1.24. The molecule has 6 nitrogen and oxygen atoms in total. The molecular formula is C16H19NO5. The van der Waals surface area contributed by atoms with E-state index in [0.717, 1.165) is 5.56 Å². The van der Waals surface area contributed by atoms with E-state index in [9.17, 15) is 14.4 Å². The highest BCUT2D eigenvalue weighted by atomic mass is 16.6. The van der Waals surface area contributed by atoms with Crippen molar-refractivity contribution >= 4 is 18.3 Å². The predicted octanol–water partition coefficient (Wildman–Crippen LogP) is 1.78. The number of rotatable bonds is 4. The first kappa shape index (κ1) is 16.0. The van der Waals surface area contributed by atoms with Crippen LogP contribution in [0.25, 0.3) is 0 Å². The number of hydrogen-bond acceptors (Lipinski definition) is 5. The first-order valence-corrected chi connectivity index (χ1v) is 7.12. The number of aldehydes is 1. The van der Waals surface area contributed by atoms with Crippen LogP contribution in [0.2, 0.25) is 0 Å². The number of amides is 1. The van der Waals surface area contributed by atoms with E-state index in [2.05, 4.69) is 0 Å². The van der Waals surface area contributed by atoms with Crippen molar-refractivity contribution in [3.8, 4) is 0 Å². The summed E-state index contributed by atoms with van der Waals surface area (Å²) in [6.07, 6.45) is 0.980. The molecule has 1 fully saturated rings. The molecule has 0 saturated carbocycles. The molecule has 0 bridgehead atoms. The number of methoxy groups -OCH3 is 1. The van der Waals surface area contributed by atoms with Crippen molar-refractivity contribution in [2.45, 2.75) is 19.4 Å². The van der Waals surface area contributed by atoms with E-state index in [1.165, 1.54) is 12.0 Å². The standard InChI is InChI=1S/C16H19NO5/c1-21-14(19)16(12-18)8-5-9-17(11-16)15(20)22-10-13-6-3-2-4-7-13/h2-4,6-7,12H,5,8-11H2,1H3. The van der Waals surface area contributed by atoms with E-state index in [-0.39, 0.29) is 13.2 Å². The molecule has 0 N–H and O–H groups in total. The van der Waals surface area contributed by atoms with Crippen molar-refractivity contribution in [3.63, 3.8) is 0 Å². The highest BCUT2D eigenvalue weighted by molar-refractivity contribution is 5.94. The fraction of sp³-hybridized carbons (Fsp3) is 0.438. The van der Waals surface area contributed by atoms with Gasteiger partial charge in [-0.2, -0.15) is 0 Å². The summed E-state index contributed by atoms with van der Waals surface area (Å²) in [5, 5.41) is 0. The monoisotopic (exact) mass is 305 g/mol. The van der Waals surface area contributed by atoms with Crippen LogP contribution in [-0.4, -0.2) is 43.4 Å². The van der Waals surface area contributed by atoms with Gasteiger partial charge in [-0.15, -0.1) is 0 Å². The fourth-order valence-electron chi connectivity index (χ4n) is 2.56. The maximum atomic E-state index is 12.1. The molecule has 1 unspecified atom stereocenters. The lowest BCUT2D eigenvalue weighted by Crippen LogP contribution is -2.51. The maximum absolute atomic E-state index is 12.1. The Kier molecular flexibility index (Phi) is 5.14. The smallest absolute Gasteiger partial charge is 0.410 e. The lowest BCUT2D eigenvalue weighted by molar-refractivity contribution is -0.157. The Labute approximate surface area is 129 Å². The van der Waals surface area contributed by atoms with Crippen LogP contribution in [0.4, 0.5) is 4.79 Å². The number of ether oxygens (including phenoxy) is 2. The lowest BCUT2D eigenvalue weighted by atomic mass is 9.81. The Morgan fingerprint density at radius 2 is 2.05 bits per heavy atom. The zero-order valence-electron chi connectivity index (χ0n) is 12.5. The topological polar surface area (TPSA) is 72.9 Å². The summed E-state index contributed by atoms with van der Waals surface area (Å²) >= 11 is 0. The third kappa shape index (κ3) is 3.44. The maximum Gasteiger partial charge on any atom is 0.410 e. The third-order valence-corrected chi connectivity index (χ3v) is 3.80. The minimum atomic E-state index is -1.28. The average Bonchev–Trinajstić information content (AvgIpc) is 2.59. The molecule has 118 valence electrons. The van der Waals surface area contributed by atoms with Gasteiger partial charge in [0.2, 0.25) is 0 Å². The van der Waals surface area contributed by atoms with Crippen LogP contribution in [0.3, 0.4) is 0 Å². The van der Waals surface area contributed by atoms with Gasteiger partial charge >= 0.3 is 12.1 Å². The number of piperidine rings is 1. The predicted molar refractivity (Wildman–Crippen MR) is 77.9 cm³/mol. The molecule has 1 atom stereocenters. The summed E-state index contributed by atoms with van der Waals surface area (Å²) in [4.78, 5) is 36.7. The Morgan fingerprint density at radius 1 is 1.32 bits per heavy atom. The van der Waals surface area contributed by atoms with Crippen LogP contribution in [0, 0.1) is 5.41 Å². The molecule has 1 aromatic carbocycles. The van der Waals surface area contributed by atoms with Gasteiger partial charge in [0.15, 0.2) is 0 Å². The number of carbonyl (C=O) groups excluding carboxylic acids is 3. The van der Waals surface area contributed by atoms with Gasteiger partial charge in [0, 0.05) is 13.1 Å². The van der Waals surface area contributed by atoms with Gasteiger partial charge in [-0.3, -0.25) is 4.79 Å². The fourth-order valence-corrected chi connectivity index (χ4v) is 2.56.